The number of aliphatic imine (C=N–C) groups is 1. The van der Waals surface area contributed by atoms with Crippen LogP contribution in [0.2, 0.25) is 0 Å². The Morgan fingerprint density at radius 3 is 2.67 bits per heavy atom. The Morgan fingerprint density at radius 1 is 1.67 bits per heavy atom. The first-order valence-electron chi connectivity index (χ1n) is 1.63. The molecular weight excluding hydrogens is 80.0 g/mol. The van der Waals surface area contributed by atoms with Gasteiger partial charge in [0, 0.05) is 0 Å². The minimum atomic E-state index is -0.0185. The van der Waals surface area contributed by atoms with Crippen LogP contribution in [0.5, 0.6) is 0 Å². The van der Waals surface area contributed by atoms with Crippen LogP contribution >= 0.6 is 0 Å². The summed E-state index contributed by atoms with van der Waals surface area (Å²) in [5.41, 5.74) is 0. The average molecular weight is 84.1 g/mol. The summed E-state index contributed by atoms with van der Waals surface area (Å²) < 4.78 is 0. The molecule has 1 N–H and O–H groups in total. The van der Waals surface area contributed by atoms with E-state index in [-0.39, 0.29) is 5.06 Å². The summed E-state index contributed by atoms with van der Waals surface area (Å²) in [5, 5.41) is 9.99. The Kier molecular flexibility index (Phi) is 0.703. The maximum atomic E-state index is 10.0. The number of nitrogens with one attached hydrogen (secondary N) is 1. The normalized spacial score (nSPS) is 29.2. The molecule has 1 aliphatic heterocycles. The predicted molar refractivity (Wildman–Crippen MR) is 22.0 cm³/mol. The monoisotopic (exact) mass is 84.0 g/mol. The van der Waals surface area contributed by atoms with E-state index in [4.69, 9.17) is 0 Å². The van der Waals surface area contributed by atoms with Crippen LogP contribution in [0.3, 0.4) is 0 Å². The Balaban J connectivity index is 2.60. The maximum absolute atomic E-state index is 10.0. The zero-order valence-corrected chi connectivity index (χ0v) is 3.09. The summed E-state index contributed by atoms with van der Waals surface area (Å²) in [5.74, 6) is 0. The van der Waals surface area contributed by atoms with Crippen molar-refractivity contribution in [1.29, 1.82) is 0 Å². The van der Waals surface area contributed by atoms with Crippen molar-refractivity contribution in [2.24, 2.45) is 4.99 Å². The van der Waals surface area contributed by atoms with Crippen molar-refractivity contribution in [2.75, 3.05) is 0 Å². The molecule has 0 amide bonds. The molecule has 0 fully saturated rings. The first-order valence-corrected chi connectivity index (χ1v) is 1.63. The van der Waals surface area contributed by atoms with Crippen molar-refractivity contribution in [3.05, 3.63) is 17.6 Å². The highest BCUT2D eigenvalue weighted by molar-refractivity contribution is 5.47. The number of hydroxylamine groups is 2. The third-order valence-electron chi connectivity index (χ3n) is 0.527. The van der Waals surface area contributed by atoms with E-state index in [9.17, 15) is 5.21 Å². The summed E-state index contributed by atoms with van der Waals surface area (Å²) in [6.45, 7) is 0. The van der Waals surface area contributed by atoms with Crippen molar-refractivity contribution >= 4 is 6.34 Å². The van der Waals surface area contributed by atoms with E-state index in [1.54, 1.807) is 0 Å². The molecule has 0 aromatic rings. The van der Waals surface area contributed by atoms with Gasteiger partial charge in [-0.3, -0.25) is 0 Å². The van der Waals surface area contributed by atoms with Crippen LogP contribution in [0.4, 0.5) is 0 Å². The standard InChI is InChI=1S/C3H4N2O/c6-5-2-1-4-3-5/h1-3,5H. The lowest BCUT2D eigenvalue weighted by Gasteiger charge is -2.02. The zero-order valence-electron chi connectivity index (χ0n) is 3.09. The van der Waals surface area contributed by atoms with Crippen LogP contribution in [0.1, 0.15) is 0 Å². The molecule has 1 atom stereocenters. The first kappa shape index (κ1) is 3.52. The second-order valence-electron chi connectivity index (χ2n) is 0.996. The molecule has 32 valence electrons. The highest BCUT2D eigenvalue weighted by Gasteiger charge is 1.85. The molecule has 6 heavy (non-hydrogen) atoms. The minimum absolute atomic E-state index is 0.0185. The Bertz CT molecular complexity index is 85.0. The number of quaternary nitrogens is 1. The maximum Gasteiger partial charge on any atom is 0.193 e. The van der Waals surface area contributed by atoms with Crippen molar-refractivity contribution in [1.82, 2.24) is 0 Å². The van der Waals surface area contributed by atoms with Crippen LogP contribution in [-0.4, -0.2) is 6.34 Å². The zero-order chi connectivity index (χ0) is 4.41. The molecule has 3 nitrogen and oxygen atoms in total. The molecule has 0 bridgehead atoms. The van der Waals surface area contributed by atoms with Crippen molar-refractivity contribution < 1.29 is 5.06 Å². The van der Waals surface area contributed by atoms with E-state index in [0.717, 1.165) is 0 Å². The largest absolute Gasteiger partial charge is 0.623 e. The van der Waals surface area contributed by atoms with E-state index < -0.39 is 0 Å². The van der Waals surface area contributed by atoms with Crippen molar-refractivity contribution in [3.63, 3.8) is 0 Å². The number of hydrogen-bond acceptors (Lipinski definition) is 2. The molecule has 0 radical (unpaired) electrons. The van der Waals surface area contributed by atoms with E-state index in [1.165, 1.54) is 18.7 Å². The van der Waals surface area contributed by atoms with Gasteiger partial charge in [0.1, 0.15) is 6.20 Å². The first-order chi connectivity index (χ1) is 2.89. The van der Waals surface area contributed by atoms with Gasteiger partial charge in [0.25, 0.3) is 0 Å². The molecule has 1 rings (SSSR count). The lowest BCUT2D eigenvalue weighted by atomic mass is 10.9. The minimum Gasteiger partial charge on any atom is -0.623 e. The molecule has 0 aromatic heterocycles. The molecule has 3 heteroatoms. The Labute approximate surface area is 35.2 Å². The van der Waals surface area contributed by atoms with Crippen LogP contribution < -0.4 is 5.06 Å². The van der Waals surface area contributed by atoms with Gasteiger partial charge in [0.15, 0.2) is 6.34 Å². The van der Waals surface area contributed by atoms with Gasteiger partial charge >= 0.3 is 0 Å². The van der Waals surface area contributed by atoms with Crippen molar-refractivity contribution in [2.45, 2.75) is 0 Å². The molecule has 1 aliphatic rings. The summed E-state index contributed by atoms with van der Waals surface area (Å²) in [4.78, 5) is 3.51. The quantitative estimate of drug-likeness (QED) is 0.371. The van der Waals surface area contributed by atoms with Crippen LogP contribution in [0.15, 0.2) is 17.4 Å². The summed E-state index contributed by atoms with van der Waals surface area (Å²) in [7, 11) is 0. The SMILES string of the molecule is [O-][NH+]1C=CN=C1. The Morgan fingerprint density at radius 2 is 2.50 bits per heavy atom. The van der Waals surface area contributed by atoms with Crippen LogP contribution in [-0.2, 0) is 0 Å². The van der Waals surface area contributed by atoms with E-state index in [1.807, 2.05) is 0 Å². The molecule has 1 unspecified atom stereocenters. The van der Waals surface area contributed by atoms with E-state index in [0.29, 0.717) is 0 Å². The fourth-order valence-electron chi connectivity index (χ4n) is 0.276. The van der Waals surface area contributed by atoms with Crippen LogP contribution in [0, 0.1) is 5.21 Å². The molecule has 0 saturated heterocycles. The van der Waals surface area contributed by atoms with Gasteiger partial charge in [-0.1, -0.05) is 0 Å². The van der Waals surface area contributed by atoms with Gasteiger partial charge in [0.2, 0.25) is 0 Å². The smallest absolute Gasteiger partial charge is 0.193 e. The fourth-order valence-corrected chi connectivity index (χ4v) is 0.276. The average Bonchev–Trinajstić information content (AvgIpc) is 1.86. The number of nitrogens with zero attached hydrogens (tertiary/aromatic N) is 1. The molecule has 0 aliphatic carbocycles. The molecule has 0 spiro atoms. The molecule has 0 aromatic carbocycles. The lowest BCUT2D eigenvalue weighted by molar-refractivity contribution is -0.672. The second-order valence-corrected chi connectivity index (χ2v) is 0.996. The van der Waals surface area contributed by atoms with E-state index in [2.05, 4.69) is 4.99 Å². The summed E-state index contributed by atoms with van der Waals surface area (Å²) in [6.07, 6.45) is 4.17. The molecule has 0 saturated carbocycles. The highest BCUT2D eigenvalue weighted by atomic mass is 16.5. The highest BCUT2D eigenvalue weighted by Crippen LogP contribution is 1.66. The van der Waals surface area contributed by atoms with Gasteiger partial charge in [-0.25, -0.2) is 4.99 Å². The van der Waals surface area contributed by atoms with Crippen LogP contribution in [0.25, 0.3) is 0 Å². The van der Waals surface area contributed by atoms with Gasteiger partial charge in [0.05, 0.1) is 6.20 Å². The topological polar surface area (TPSA) is 39.9 Å². The second kappa shape index (κ2) is 1.20. The Hall–Kier alpha value is -0.670. The molecular formula is C3H4N2O. The van der Waals surface area contributed by atoms with Crippen molar-refractivity contribution in [3.8, 4) is 0 Å². The summed E-state index contributed by atoms with van der Waals surface area (Å²) >= 11 is 0. The third kappa shape index (κ3) is 0.451. The van der Waals surface area contributed by atoms with Gasteiger partial charge in [-0.05, 0) is 0 Å². The van der Waals surface area contributed by atoms with Gasteiger partial charge < -0.3 is 10.3 Å². The third-order valence-corrected chi connectivity index (χ3v) is 0.527. The number of hydrogen-bond donors (Lipinski definition) is 1. The number of rotatable bonds is 0. The van der Waals surface area contributed by atoms with E-state index >= 15 is 0 Å². The molecule has 1 heterocycles. The predicted octanol–water partition coefficient (Wildman–Crippen LogP) is -1.12. The van der Waals surface area contributed by atoms with Gasteiger partial charge in [-0.15, -0.1) is 0 Å². The summed E-state index contributed by atoms with van der Waals surface area (Å²) in [6, 6.07) is 0. The van der Waals surface area contributed by atoms with Gasteiger partial charge in [-0.2, -0.15) is 0 Å². The lowest BCUT2D eigenvalue weighted by Crippen LogP contribution is -2.99. The fraction of sp³-hybridized carbons (Fsp3) is 0.